The number of unbranched alkanes of at least 4 members (excludes halogenated alkanes) is 2. The lowest BCUT2D eigenvalue weighted by atomic mass is 9.80. The lowest BCUT2D eigenvalue weighted by molar-refractivity contribution is 0.0956. The van der Waals surface area contributed by atoms with Crippen LogP contribution < -0.4 is 10.1 Å². The molecule has 3 aromatic rings. The number of phenolic OH excluding ortho intramolecular Hbond substituents is 1. The van der Waals surface area contributed by atoms with E-state index in [1.807, 2.05) is 39.0 Å². The lowest BCUT2D eigenvalue weighted by Gasteiger charge is -2.37. The molecule has 33 heavy (non-hydrogen) atoms. The molecule has 0 bridgehead atoms. The van der Waals surface area contributed by atoms with E-state index in [0.29, 0.717) is 35.5 Å². The van der Waals surface area contributed by atoms with Gasteiger partial charge in [0.2, 0.25) is 0 Å². The summed E-state index contributed by atoms with van der Waals surface area (Å²) in [5.74, 6) is 0.712. The molecule has 0 unspecified atom stereocenters. The molecule has 1 aliphatic rings. The summed E-state index contributed by atoms with van der Waals surface area (Å²) < 4.78 is 6.58. The van der Waals surface area contributed by atoms with Gasteiger partial charge in [-0.2, -0.15) is 5.21 Å². The Morgan fingerprint density at radius 1 is 1.24 bits per heavy atom. The molecule has 1 aliphatic heterocycles. The molecule has 1 amide bonds. The van der Waals surface area contributed by atoms with Crippen molar-refractivity contribution in [3.8, 4) is 22.6 Å². The number of aromatic amines is 1. The highest BCUT2D eigenvalue weighted by molar-refractivity contribution is 6.03. The van der Waals surface area contributed by atoms with E-state index in [0.717, 1.165) is 47.1 Å². The van der Waals surface area contributed by atoms with Crippen LogP contribution in [0.1, 0.15) is 78.5 Å². The summed E-state index contributed by atoms with van der Waals surface area (Å²) >= 11 is 0. The molecule has 3 N–H and O–H groups in total. The largest absolute Gasteiger partial charge is 0.506 e. The van der Waals surface area contributed by atoms with E-state index in [4.69, 9.17) is 4.74 Å². The maximum Gasteiger partial charge on any atom is 0.255 e. The molecular formula is C25H31N5O3. The van der Waals surface area contributed by atoms with Gasteiger partial charge >= 0.3 is 0 Å². The first-order valence-corrected chi connectivity index (χ1v) is 11.4. The number of rotatable bonds is 7. The van der Waals surface area contributed by atoms with Crippen LogP contribution in [-0.4, -0.2) is 38.7 Å². The molecule has 174 valence electrons. The third-order valence-corrected chi connectivity index (χ3v) is 6.30. The van der Waals surface area contributed by atoms with Crippen molar-refractivity contribution < 1.29 is 14.6 Å². The van der Waals surface area contributed by atoms with Crippen LogP contribution >= 0.6 is 0 Å². The van der Waals surface area contributed by atoms with Gasteiger partial charge in [-0.15, -0.1) is 10.2 Å². The average molecular weight is 450 g/mol. The highest BCUT2D eigenvalue weighted by Crippen LogP contribution is 2.53. The molecule has 0 aliphatic carbocycles. The third kappa shape index (κ3) is 4.05. The fourth-order valence-corrected chi connectivity index (χ4v) is 4.68. The first-order valence-electron chi connectivity index (χ1n) is 11.4. The number of nitrogens with one attached hydrogen (secondary N) is 2. The second-order valence-electron chi connectivity index (χ2n) is 9.09. The zero-order valence-electron chi connectivity index (χ0n) is 19.9. The Bertz CT molecular complexity index is 1190. The number of fused-ring (bicyclic) bond motifs is 3. The molecule has 0 atom stereocenters. The Morgan fingerprint density at radius 3 is 2.70 bits per heavy atom. The van der Waals surface area contributed by atoms with Crippen LogP contribution in [0.5, 0.6) is 11.5 Å². The Morgan fingerprint density at radius 2 is 2.03 bits per heavy atom. The Labute approximate surface area is 193 Å². The number of ether oxygens (including phenoxy) is 1. The highest BCUT2D eigenvalue weighted by atomic mass is 16.5. The number of aryl methyl sites for hydroxylation is 1. The number of hydrogen-bond donors (Lipinski definition) is 3. The summed E-state index contributed by atoms with van der Waals surface area (Å²) in [7, 11) is 1.58. The van der Waals surface area contributed by atoms with E-state index in [-0.39, 0.29) is 11.7 Å². The van der Waals surface area contributed by atoms with Gasteiger partial charge in [0.05, 0.1) is 11.1 Å². The summed E-state index contributed by atoms with van der Waals surface area (Å²) in [6.45, 7) is 8.18. The van der Waals surface area contributed by atoms with Crippen molar-refractivity contribution in [2.75, 3.05) is 7.05 Å². The lowest BCUT2D eigenvalue weighted by Crippen LogP contribution is -2.31. The predicted molar refractivity (Wildman–Crippen MR) is 126 cm³/mol. The number of H-pyrrole nitrogens is 1. The number of benzene rings is 2. The van der Waals surface area contributed by atoms with Crippen molar-refractivity contribution >= 4 is 5.91 Å². The molecule has 4 rings (SSSR count). The Hall–Kier alpha value is -3.42. The SMILES string of the molecule is CCCCCc1c(Cc2nn[nH]n2)c2c(c(O)c1C(=O)NC)-c1cc(C)ccc1C(C)(C)O2. The van der Waals surface area contributed by atoms with Crippen molar-refractivity contribution in [3.63, 3.8) is 0 Å². The molecule has 2 aromatic carbocycles. The van der Waals surface area contributed by atoms with Gasteiger partial charge in [-0.3, -0.25) is 4.79 Å². The molecule has 0 saturated heterocycles. The van der Waals surface area contributed by atoms with Gasteiger partial charge in [0, 0.05) is 24.6 Å². The fraction of sp³-hybridized carbons (Fsp3) is 0.440. The predicted octanol–water partition coefficient (Wildman–Crippen LogP) is 4.19. The van der Waals surface area contributed by atoms with Crippen LogP contribution in [0.2, 0.25) is 0 Å². The van der Waals surface area contributed by atoms with E-state index in [9.17, 15) is 9.90 Å². The molecule has 0 saturated carbocycles. The van der Waals surface area contributed by atoms with Crippen molar-refractivity contribution in [3.05, 3.63) is 51.8 Å². The van der Waals surface area contributed by atoms with Crippen molar-refractivity contribution in [1.82, 2.24) is 25.9 Å². The van der Waals surface area contributed by atoms with E-state index in [2.05, 4.69) is 32.9 Å². The summed E-state index contributed by atoms with van der Waals surface area (Å²) in [5.41, 5.74) is 4.70. The Kier molecular flexibility index (Phi) is 6.10. The van der Waals surface area contributed by atoms with Gasteiger partial charge in [0.15, 0.2) is 5.82 Å². The van der Waals surface area contributed by atoms with Crippen molar-refractivity contribution in [1.29, 1.82) is 0 Å². The topological polar surface area (TPSA) is 113 Å². The second kappa shape index (κ2) is 8.84. The molecule has 0 fully saturated rings. The minimum absolute atomic E-state index is 0.0462. The fourth-order valence-electron chi connectivity index (χ4n) is 4.68. The summed E-state index contributed by atoms with van der Waals surface area (Å²) in [6.07, 6.45) is 3.91. The summed E-state index contributed by atoms with van der Waals surface area (Å²) in [5, 5.41) is 28.7. The molecule has 0 spiro atoms. The van der Waals surface area contributed by atoms with Crippen molar-refractivity contribution in [2.45, 2.75) is 65.4 Å². The summed E-state index contributed by atoms with van der Waals surface area (Å²) in [6, 6.07) is 6.10. The van der Waals surface area contributed by atoms with Gasteiger partial charge in [-0.1, -0.05) is 48.7 Å². The van der Waals surface area contributed by atoms with E-state index < -0.39 is 5.60 Å². The quantitative estimate of drug-likeness (QED) is 0.466. The van der Waals surface area contributed by atoms with E-state index >= 15 is 0 Å². The number of hydrogen-bond acceptors (Lipinski definition) is 6. The van der Waals surface area contributed by atoms with Crippen molar-refractivity contribution in [2.24, 2.45) is 0 Å². The molecule has 0 radical (unpaired) electrons. The van der Waals surface area contributed by atoms with Crippen LogP contribution in [0.4, 0.5) is 0 Å². The van der Waals surface area contributed by atoms with Crippen LogP contribution in [-0.2, 0) is 18.4 Å². The first-order chi connectivity index (χ1) is 15.8. The van der Waals surface area contributed by atoms with Gasteiger partial charge in [0.25, 0.3) is 5.91 Å². The standard InChI is InChI=1S/C25H31N5O3/c1-6-7-8-9-15-16(13-19-27-29-30-28-19)23-20(22(31)21(15)24(32)26-5)17-12-14(2)10-11-18(17)25(3,4)33-23/h10-12,31H,6-9,13H2,1-5H3,(H,26,32)(H,27,28,29,30). The van der Waals surface area contributed by atoms with Crippen LogP contribution in [0.25, 0.3) is 11.1 Å². The smallest absolute Gasteiger partial charge is 0.255 e. The number of nitrogens with zero attached hydrogens (tertiary/aromatic N) is 3. The monoisotopic (exact) mass is 449 g/mol. The van der Waals surface area contributed by atoms with E-state index in [1.165, 1.54) is 0 Å². The minimum atomic E-state index is -0.621. The van der Waals surface area contributed by atoms with Crippen LogP contribution in [0, 0.1) is 6.92 Å². The average Bonchev–Trinajstić information content (AvgIpc) is 3.28. The molecular weight excluding hydrogens is 418 g/mol. The number of amides is 1. The molecule has 2 heterocycles. The van der Waals surface area contributed by atoms with Gasteiger partial charge in [-0.05, 0) is 44.7 Å². The van der Waals surface area contributed by atoms with E-state index in [1.54, 1.807) is 7.05 Å². The number of carbonyl (C=O) groups excluding carboxylic acids is 1. The van der Waals surface area contributed by atoms with Gasteiger partial charge in [0.1, 0.15) is 17.1 Å². The number of tetrazole rings is 1. The zero-order valence-corrected chi connectivity index (χ0v) is 19.9. The number of phenols is 1. The maximum atomic E-state index is 13.1. The zero-order chi connectivity index (χ0) is 23.8. The number of aromatic nitrogens is 4. The molecule has 1 aromatic heterocycles. The number of carbonyl (C=O) groups is 1. The summed E-state index contributed by atoms with van der Waals surface area (Å²) in [4.78, 5) is 13.1. The van der Waals surface area contributed by atoms with Crippen LogP contribution in [0.3, 0.4) is 0 Å². The third-order valence-electron chi connectivity index (χ3n) is 6.30. The molecule has 8 heteroatoms. The Balaban J connectivity index is 2.07. The van der Waals surface area contributed by atoms with Gasteiger partial charge < -0.3 is 15.2 Å². The minimum Gasteiger partial charge on any atom is -0.506 e. The highest BCUT2D eigenvalue weighted by Gasteiger charge is 2.39. The number of aromatic hydroxyl groups is 1. The second-order valence-corrected chi connectivity index (χ2v) is 9.09. The maximum absolute atomic E-state index is 13.1. The first kappa shape index (κ1) is 22.8. The molecule has 8 nitrogen and oxygen atoms in total. The van der Waals surface area contributed by atoms with Crippen LogP contribution in [0.15, 0.2) is 18.2 Å². The van der Waals surface area contributed by atoms with Gasteiger partial charge in [-0.25, -0.2) is 0 Å². The normalized spacial score (nSPS) is 13.7.